The molecule has 0 saturated heterocycles. The predicted molar refractivity (Wildman–Crippen MR) is 59.1 cm³/mol. The topological polar surface area (TPSA) is 53.8 Å². The lowest BCUT2D eigenvalue weighted by molar-refractivity contribution is 0.686. The molecule has 0 aliphatic carbocycles. The molecule has 0 amide bonds. The minimum atomic E-state index is 0.681. The summed E-state index contributed by atoms with van der Waals surface area (Å²) in [7, 11) is 0. The molecule has 0 saturated carbocycles. The fourth-order valence-corrected chi connectivity index (χ4v) is 1.55. The Labute approximate surface area is 83.3 Å². The minimum Gasteiger partial charge on any atom is -0.357 e. The van der Waals surface area contributed by atoms with Crippen molar-refractivity contribution < 1.29 is 0 Å². The van der Waals surface area contributed by atoms with E-state index in [-0.39, 0.29) is 0 Å². The van der Waals surface area contributed by atoms with E-state index in [9.17, 15) is 0 Å². The number of para-hydroxylation sites is 1. The maximum atomic E-state index is 5.40. The van der Waals surface area contributed by atoms with Crippen LogP contribution in [0.2, 0.25) is 0 Å². The highest BCUT2D eigenvalue weighted by Crippen LogP contribution is 2.13. The van der Waals surface area contributed by atoms with E-state index in [0.717, 1.165) is 13.1 Å². The van der Waals surface area contributed by atoms with E-state index in [1.165, 1.54) is 16.6 Å². The van der Waals surface area contributed by atoms with Gasteiger partial charge in [0.05, 0.1) is 0 Å². The maximum Gasteiger partial charge on any atom is 0.0456 e. The van der Waals surface area contributed by atoms with Crippen LogP contribution >= 0.6 is 0 Å². The average Bonchev–Trinajstić information content (AvgIpc) is 2.60. The van der Waals surface area contributed by atoms with Crippen LogP contribution in [-0.2, 0) is 6.54 Å². The SMILES string of the molecule is NCCNCc1cc2ccccc2[nH]1. The summed E-state index contributed by atoms with van der Waals surface area (Å²) < 4.78 is 0. The molecule has 3 heteroatoms. The molecule has 0 spiro atoms. The lowest BCUT2D eigenvalue weighted by Gasteiger charge is -1.98. The first-order valence-electron chi connectivity index (χ1n) is 4.87. The van der Waals surface area contributed by atoms with Crippen molar-refractivity contribution in [3.05, 3.63) is 36.0 Å². The molecule has 2 aromatic rings. The van der Waals surface area contributed by atoms with Crippen molar-refractivity contribution in [2.75, 3.05) is 13.1 Å². The van der Waals surface area contributed by atoms with Crippen molar-refractivity contribution in [1.82, 2.24) is 10.3 Å². The molecule has 0 bridgehead atoms. The number of rotatable bonds is 4. The van der Waals surface area contributed by atoms with Gasteiger partial charge in [0.2, 0.25) is 0 Å². The van der Waals surface area contributed by atoms with Crippen molar-refractivity contribution in [3.63, 3.8) is 0 Å². The van der Waals surface area contributed by atoms with Crippen LogP contribution in [0.25, 0.3) is 10.9 Å². The number of nitrogens with two attached hydrogens (primary N) is 1. The minimum absolute atomic E-state index is 0.681. The second-order valence-electron chi connectivity index (χ2n) is 3.35. The Morgan fingerprint density at radius 3 is 2.93 bits per heavy atom. The highest BCUT2D eigenvalue weighted by atomic mass is 14.9. The third-order valence-corrected chi connectivity index (χ3v) is 2.22. The third-order valence-electron chi connectivity index (χ3n) is 2.22. The van der Waals surface area contributed by atoms with Gasteiger partial charge >= 0.3 is 0 Å². The van der Waals surface area contributed by atoms with Gasteiger partial charge in [-0.25, -0.2) is 0 Å². The molecule has 4 N–H and O–H groups in total. The zero-order chi connectivity index (χ0) is 9.80. The number of hydrogen-bond acceptors (Lipinski definition) is 2. The Morgan fingerprint density at radius 2 is 2.14 bits per heavy atom. The van der Waals surface area contributed by atoms with Gasteiger partial charge < -0.3 is 16.0 Å². The molecule has 1 heterocycles. The predicted octanol–water partition coefficient (Wildman–Crippen LogP) is 1.22. The zero-order valence-corrected chi connectivity index (χ0v) is 8.09. The van der Waals surface area contributed by atoms with E-state index < -0.39 is 0 Å². The molecule has 0 fully saturated rings. The molecule has 1 aromatic heterocycles. The molecule has 0 unspecified atom stereocenters. The smallest absolute Gasteiger partial charge is 0.0456 e. The van der Waals surface area contributed by atoms with Crippen LogP contribution in [0, 0.1) is 0 Å². The van der Waals surface area contributed by atoms with E-state index in [4.69, 9.17) is 5.73 Å². The number of aromatic amines is 1. The van der Waals surface area contributed by atoms with Crippen LogP contribution in [0.4, 0.5) is 0 Å². The van der Waals surface area contributed by atoms with E-state index >= 15 is 0 Å². The van der Waals surface area contributed by atoms with Crippen molar-refractivity contribution in [3.8, 4) is 0 Å². The number of aromatic nitrogens is 1. The average molecular weight is 189 g/mol. The molecule has 3 nitrogen and oxygen atoms in total. The van der Waals surface area contributed by atoms with Gasteiger partial charge in [0.15, 0.2) is 0 Å². The summed E-state index contributed by atoms with van der Waals surface area (Å²) in [5.41, 5.74) is 7.79. The van der Waals surface area contributed by atoms with Gasteiger partial charge in [0, 0.05) is 30.8 Å². The molecule has 0 aliphatic rings. The third kappa shape index (κ3) is 1.95. The Balaban J connectivity index is 2.11. The number of H-pyrrole nitrogens is 1. The summed E-state index contributed by atoms with van der Waals surface area (Å²) in [4.78, 5) is 3.35. The van der Waals surface area contributed by atoms with Crippen molar-refractivity contribution >= 4 is 10.9 Å². The van der Waals surface area contributed by atoms with Gasteiger partial charge in [-0.15, -0.1) is 0 Å². The van der Waals surface area contributed by atoms with E-state index in [1.807, 2.05) is 12.1 Å². The van der Waals surface area contributed by atoms with E-state index in [1.54, 1.807) is 0 Å². The van der Waals surface area contributed by atoms with Gasteiger partial charge in [-0.1, -0.05) is 18.2 Å². The maximum absolute atomic E-state index is 5.40. The first-order valence-corrected chi connectivity index (χ1v) is 4.87. The van der Waals surface area contributed by atoms with Crippen LogP contribution in [-0.4, -0.2) is 18.1 Å². The van der Waals surface area contributed by atoms with Crippen LogP contribution < -0.4 is 11.1 Å². The molecular weight excluding hydrogens is 174 g/mol. The van der Waals surface area contributed by atoms with E-state index in [2.05, 4.69) is 28.5 Å². The van der Waals surface area contributed by atoms with Crippen LogP contribution in [0.1, 0.15) is 5.69 Å². The zero-order valence-electron chi connectivity index (χ0n) is 8.09. The fraction of sp³-hybridized carbons (Fsp3) is 0.273. The summed E-state index contributed by atoms with van der Waals surface area (Å²) in [6.07, 6.45) is 0. The molecule has 0 radical (unpaired) electrons. The van der Waals surface area contributed by atoms with Crippen LogP contribution in [0.15, 0.2) is 30.3 Å². The standard InChI is InChI=1S/C11H15N3/c12-5-6-13-8-10-7-9-3-1-2-4-11(9)14-10/h1-4,7,13-14H,5-6,8,12H2. The molecule has 14 heavy (non-hydrogen) atoms. The van der Waals surface area contributed by atoms with Crippen LogP contribution in [0.5, 0.6) is 0 Å². The Kier molecular flexibility index (Phi) is 2.81. The fourth-order valence-electron chi connectivity index (χ4n) is 1.55. The number of nitrogens with one attached hydrogen (secondary N) is 2. The number of fused-ring (bicyclic) bond motifs is 1. The Hall–Kier alpha value is -1.32. The Bertz CT molecular complexity index is 373. The first kappa shape index (κ1) is 9.24. The second-order valence-corrected chi connectivity index (χ2v) is 3.35. The summed E-state index contributed by atoms with van der Waals surface area (Å²) in [5, 5.41) is 4.52. The molecule has 2 rings (SSSR count). The van der Waals surface area contributed by atoms with Gasteiger partial charge in [-0.3, -0.25) is 0 Å². The van der Waals surface area contributed by atoms with Gasteiger partial charge in [-0.2, -0.15) is 0 Å². The summed E-state index contributed by atoms with van der Waals surface area (Å²) in [6, 6.07) is 10.4. The van der Waals surface area contributed by atoms with Gasteiger partial charge in [0.25, 0.3) is 0 Å². The highest BCUT2D eigenvalue weighted by molar-refractivity contribution is 5.80. The van der Waals surface area contributed by atoms with Crippen LogP contribution in [0.3, 0.4) is 0 Å². The lowest BCUT2D eigenvalue weighted by Crippen LogP contribution is -2.21. The number of benzene rings is 1. The van der Waals surface area contributed by atoms with Crippen molar-refractivity contribution in [2.45, 2.75) is 6.54 Å². The summed E-state index contributed by atoms with van der Waals surface area (Å²) in [6.45, 7) is 2.39. The summed E-state index contributed by atoms with van der Waals surface area (Å²) in [5.74, 6) is 0. The molecule has 0 atom stereocenters. The second kappa shape index (κ2) is 4.26. The number of hydrogen-bond donors (Lipinski definition) is 3. The van der Waals surface area contributed by atoms with E-state index in [0.29, 0.717) is 6.54 Å². The molecule has 1 aromatic carbocycles. The first-order chi connectivity index (χ1) is 6.90. The molecule has 74 valence electrons. The summed E-state index contributed by atoms with van der Waals surface area (Å²) >= 11 is 0. The molecule has 0 aliphatic heterocycles. The molecular formula is C11H15N3. The monoisotopic (exact) mass is 189 g/mol. The van der Waals surface area contributed by atoms with Crippen molar-refractivity contribution in [2.24, 2.45) is 5.73 Å². The Morgan fingerprint density at radius 1 is 1.29 bits per heavy atom. The van der Waals surface area contributed by atoms with Crippen molar-refractivity contribution in [1.29, 1.82) is 0 Å². The highest BCUT2D eigenvalue weighted by Gasteiger charge is 1.98. The lowest BCUT2D eigenvalue weighted by atomic mass is 10.2. The normalized spacial score (nSPS) is 10.9. The van der Waals surface area contributed by atoms with Gasteiger partial charge in [0.1, 0.15) is 0 Å². The largest absolute Gasteiger partial charge is 0.357 e. The van der Waals surface area contributed by atoms with Gasteiger partial charge in [-0.05, 0) is 17.5 Å². The quantitative estimate of drug-likeness (QED) is 0.633.